The number of hydrogen-bond donors (Lipinski definition) is 1. The second kappa shape index (κ2) is 6.33. The first kappa shape index (κ1) is 16.6. The van der Waals surface area contributed by atoms with Crippen LogP contribution in [0.4, 0.5) is 5.69 Å². The molecule has 1 aromatic heterocycles. The van der Waals surface area contributed by atoms with Crippen molar-refractivity contribution in [1.82, 2.24) is 14.7 Å². The van der Waals surface area contributed by atoms with Gasteiger partial charge in [-0.25, -0.2) is 0 Å². The molecule has 21 heavy (non-hydrogen) atoms. The molecule has 116 valence electrons. The number of nitro groups is 1. The lowest BCUT2D eigenvalue weighted by molar-refractivity contribution is -0.386. The number of amides is 1. The number of hydrogen-bond acceptors (Lipinski definition) is 5. The number of aliphatic carboxylic acids is 1. The van der Waals surface area contributed by atoms with Crippen molar-refractivity contribution in [2.24, 2.45) is 5.92 Å². The molecule has 0 aromatic carbocycles. The van der Waals surface area contributed by atoms with Crippen LogP contribution >= 0.6 is 0 Å². The summed E-state index contributed by atoms with van der Waals surface area (Å²) in [5.41, 5.74) is 0.432. The molecule has 0 bridgehead atoms. The fourth-order valence-corrected chi connectivity index (χ4v) is 1.95. The first-order valence-corrected chi connectivity index (χ1v) is 6.30. The van der Waals surface area contributed by atoms with E-state index in [9.17, 15) is 19.7 Å². The third-order valence-corrected chi connectivity index (χ3v) is 3.21. The van der Waals surface area contributed by atoms with Crippen LogP contribution in [0.25, 0.3) is 0 Å². The Bertz CT molecular complexity index is 580. The van der Waals surface area contributed by atoms with Crippen LogP contribution in [-0.2, 0) is 16.1 Å². The van der Waals surface area contributed by atoms with Crippen molar-refractivity contribution in [3.05, 3.63) is 21.5 Å². The minimum atomic E-state index is -0.989. The maximum atomic E-state index is 12.0. The van der Waals surface area contributed by atoms with Gasteiger partial charge in [0.25, 0.3) is 0 Å². The topological polar surface area (TPSA) is 119 Å². The highest BCUT2D eigenvalue weighted by Crippen LogP contribution is 2.21. The number of carbonyl (C=O) groups is 2. The van der Waals surface area contributed by atoms with Gasteiger partial charge in [-0.3, -0.25) is 24.4 Å². The van der Waals surface area contributed by atoms with E-state index in [1.165, 1.54) is 37.4 Å². The zero-order valence-electron chi connectivity index (χ0n) is 12.4. The van der Waals surface area contributed by atoms with Gasteiger partial charge in [0.2, 0.25) is 5.91 Å². The van der Waals surface area contributed by atoms with Crippen molar-refractivity contribution >= 4 is 17.6 Å². The molecule has 0 aliphatic heterocycles. The van der Waals surface area contributed by atoms with Gasteiger partial charge in [-0.05, 0) is 13.8 Å². The lowest BCUT2D eigenvalue weighted by Gasteiger charge is -2.19. The van der Waals surface area contributed by atoms with E-state index in [4.69, 9.17) is 5.11 Å². The first-order valence-electron chi connectivity index (χ1n) is 6.30. The van der Waals surface area contributed by atoms with Crippen molar-refractivity contribution in [3.8, 4) is 0 Å². The molecule has 0 spiro atoms. The second-order valence-corrected chi connectivity index (χ2v) is 4.95. The van der Waals surface area contributed by atoms with E-state index >= 15 is 0 Å². The van der Waals surface area contributed by atoms with Gasteiger partial charge in [0, 0.05) is 13.6 Å². The maximum absolute atomic E-state index is 12.0. The lowest BCUT2D eigenvalue weighted by atomic mass is 10.2. The fourth-order valence-electron chi connectivity index (χ4n) is 1.95. The highest BCUT2D eigenvalue weighted by atomic mass is 16.6. The van der Waals surface area contributed by atoms with Crippen molar-refractivity contribution in [3.63, 3.8) is 0 Å². The predicted molar refractivity (Wildman–Crippen MR) is 72.8 cm³/mol. The van der Waals surface area contributed by atoms with E-state index in [1.54, 1.807) is 0 Å². The number of nitrogens with zero attached hydrogens (tertiary/aromatic N) is 4. The molecule has 0 aliphatic rings. The molecule has 0 aliphatic carbocycles. The highest BCUT2D eigenvalue weighted by Gasteiger charge is 2.24. The Morgan fingerprint density at radius 2 is 2.05 bits per heavy atom. The van der Waals surface area contributed by atoms with Crippen molar-refractivity contribution < 1.29 is 19.6 Å². The van der Waals surface area contributed by atoms with E-state index in [2.05, 4.69) is 5.10 Å². The third-order valence-electron chi connectivity index (χ3n) is 3.21. The van der Waals surface area contributed by atoms with E-state index in [-0.39, 0.29) is 30.4 Å². The van der Waals surface area contributed by atoms with Crippen LogP contribution in [0.15, 0.2) is 0 Å². The van der Waals surface area contributed by atoms with E-state index in [1.807, 2.05) is 0 Å². The van der Waals surface area contributed by atoms with Gasteiger partial charge in [0.1, 0.15) is 17.9 Å². The molecule has 1 unspecified atom stereocenters. The molecule has 1 aromatic rings. The van der Waals surface area contributed by atoms with Crippen LogP contribution in [0.5, 0.6) is 0 Å². The van der Waals surface area contributed by atoms with Crippen LogP contribution in [-0.4, -0.2) is 50.2 Å². The number of rotatable bonds is 6. The summed E-state index contributed by atoms with van der Waals surface area (Å²) < 4.78 is 1.26. The second-order valence-electron chi connectivity index (χ2n) is 4.95. The molecule has 0 fully saturated rings. The molecule has 0 saturated carbocycles. The van der Waals surface area contributed by atoms with Crippen LogP contribution < -0.4 is 0 Å². The summed E-state index contributed by atoms with van der Waals surface area (Å²) in [6.07, 6.45) is 0. The standard InChI is InChI=1S/C12H18N4O5/c1-7(12(18)19)5-14(4)10(17)6-15-9(3)11(16(20)21)8(2)13-15/h7H,5-6H2,1-4H3,(H,18,19). The Morgan fingerprint density at radius 3 is 2.48 bits per heavy atom. The van der Waals surface area contributed by atoms with Crippen LogP contribution in [0, 0.1) is 29.9 Å². The summed E-state index contributed by atoms with van der Waals surface area (Å²) in [7, 11) is 1.49. The van der Waals surface area contributed by atoms with Crippen LogP contribution in [0.1, 0.15) is 18.3 Å². The van der Waals surface area contributed by atoms with Gasteiger partial charge >= 0.3 is 11.7 Å². The minimum absolute atomic E-state index is 0.0650. The zero-order valence-corrected chi connectivity index (χ0v) is 12.4. The monoisotopic (exact) mass is 298 g/mol. The van der Waals surface area contributed by atoms with E-state index in [0.717, 1.165) is 0 Å². The number of likely N-dealkylation sites (N-methyl/N-ethyl adjacent to an activating group) is 1. The van der Waals surface area contributed by atoms with Crippen LogP contribution in [0.3, 0.4) is 0 Å². The van der Waals surface area contributed by atoms with Gasteiger partial charge in [0.05, 0.1) is 10.8 Å². The van der Waals surface area contributed by atoms with Gasteiger partial charge in [-0.2, -0.15) is 5.10 Å². The van der Waals surface area contributed by atoms with Gasteiger partial charge in [-0.1, -0.05) is 6.92 Å². The quantitative estimate of drug-likeness (QED) is 0.606. The predicted octanol–water partition coefficient (Wildman–Crippen LogP) is 0.587. The summed E-state index contributed by atoms with van der Waals surface area (Å²) in [4.78, 5) is 34.4. The lowest BCUT2D eigenvalue weighted by Crippen LogP contribution is -2.36. The zero-order chi connectivity index (χ0) is 16.3. The molecular weight excluding hydrogens is 280 g/mol. The van der Waals surface area contributed by atoms with Crippen molar-refractivity contribution in [2.75, 3.05) is 13.6 Å². The molecular formula is C12H18N4O5. The van der Waals surface area contributed by atoms with Gasteiger partial charge < -0.3 is 10.0 Å². The number of aryl methyl sites for hydroxylation is 1. The number of carbonyl (C=O) groups excluding carboxylic acids is 1. The molecule has 0 saturated heterocycles. The minimum Gasteiger partial charge on any atom is -0.481 e. The number of carboxylic acids is 1. The SMILES string of the molecule is Cc1nn(CC(=O)N(C)CC(C)C(=O)O)c(C)c1[N+](=O)[O-]. The van der Waals surface area contributed by atoms with E-state index in [0.29, 0.717) is 5.69 Å². The number of aromatic nitrogens is 2. The smallest absolute Gasteiger partial charge is 0.312 e. The molecule has 9 heteroatoms. The largest absolute Gasteiger partial charge is 0.481 e. The molecule has 1 atom stereocenters. The summed E-state index contributed by atoms with van der Waals surface area (Å²) in [5.74, 6) is -2.03. The summed E-state index contributed by atoms with van der Waals surface area (Å²) in [5, 5.41) is 23.7. The number of carboxylic acid groups (broad SMARTS) is 1. The Labute approximate surface area is 121 Å². The first-order chi connectivity index (χ1) is 9.65. The summed E-state index contributed by atoms with van der Waals surface area (Å²) in [6, 6.07) is 0. The Kier molecular flexibility index (Phi) is 5.01. The van der Waals surface area contributed by atoms with Gasteiger partial charge in [-0.15, -0.1) is 0 Å². The average Bonchev–Trinajstić information content (AvgIpc) is 2.63. The molecule has 1 N–H and O–H groups in total. The molecule has 9 nitrogen and oxygen atoms in total. The third kappa shape index (κ3) is 3.77. The Hall–Kier alpha value is -2.45. The fraction of sp³-hybridized carbons (Fsp3) is 0.583. The van der Waals surface area contributed by atoms with Crippen molar-refractivity contribution in [2.45, 2.75) is 27.3 Å². The van der Waals surface area contributed by atoms with Gasteiger partial charge in [0.15, 0.2) is 0 Å². The summed E-state index contributed by atoms with van der Waals surface area (Å²) in [6.45, 7) is 4.42. The Morgan fingerprint density at radius 1 is 1.48 bits per heavy atom. The summed E-state index contributed by atoms with van der Waals surface area (Å²) >= 11 is 0. The maximum Gasteiger partial charge on any atom is 0.312 e. The molecule has 1 amide bonds. The Balaban J connectivity index is 2.82. The molecule has 1 rings (SSSR count). The molecule has 1 heterocycles. The van der Waals surface area contributed by atoms with Crippen molar-refractivity contribution in [1.29, 1.82) is 0 Å². The van der Waals surface area contributed by atoms with Crippen LogP contribution in [0.2, 0.25) is 0 Å². The molecule has 0 radical (unpaired) electrons. The highest BCUT2D eigenvalue weighted by molar-refractivity contribution is 5.77. The van der Waals surface area contributed by atoms with E-state index < -0.39 is 16.8 Å². The average molecular weight is 298 g/mol. The normalized spacial score (nSPS) is 12.0.